The fourth-order valence-corrected chi connectivity index (χ4v) is 6.77. The van der Waals surface area contributed by atoms with Crippen molar-refractivity contribution in [3.8, 4) is 0 Å². The minimum absolute atomic E-state index is 0.0557. The monoisotopic (exact) mass is 355 g/mol. The van der Waals surface area contributed by atoms with Gasteiger partial charge in [-0.15, -0.1) is 0 Å². The van der Waals surface area contributed by atoms with Crippen LogP contribution < -0.4 is 5.32 Å². The average Bonchev–Trinajstić information content (AvgIpc) is 3.28. The first-order valence-corrected chi connectivity index (χ1v) is 10.3. The van der Waals surface area contributed by atoms with Crippen LogP contribution in [0.15, 0.2) is 18.3 Å². The van der Waals surface area contributed by atoms with Crippen molar-refractivity contribution in [3.63, 3.8) is 0 Å². The molecule has 2 amide bonds. The number of H-pyrrole nitrogens is 1. The van der Waals surface area contributed by atoms with Gasteiger partial charge < -0.3 is 15.2 Å². The van der Waals surface area contributed by atoms with Gasteiger partial charge in [0.15, 0.2) is 0 Å². The van der Waals surface area contributed by atoms with E-state index in [4.69, 9.17) is 0 Å². The number of carbonyl (C=O) groups excluding carboxylic acids is 2. The summed E-state index contributed by atoms with van der Waals surface area (Å²) in [6, 6.07) is 4.16. The van der Waals surface area contributed by atoms with Crippen LogP contribution in [0.1, 0.15) is 63.1 Å². The van der Waals surface area contributed by atoms with Gasteiger partial charge in [0, 0.05) is 23.9 Å². The van der Waals surface area contributed by atoms with Gasteiger partial charge in [-0.25, -0.2) is 0 Å². The number of nitrogens with one attached hydrogen (secondary N) is 2. The Hall–Kier alpha value is -1.78. The van der Waals surface area contributed by atoms with Crippen molar-refractivity contribution in [1.82, 2.24) is 15.2 Å². The van der Waals surface area contributed by atoms with Gasteiger partial charge in [-0.1, -0.05) is 0 Å². The third-order valence-corrected chi connectivity index (χ3v) is 7.47. The molecule has 5 heteroatoms. The number of hydrogen-bond acceptors (Lipinski definition) is 2. The Morgan fingerprint density at radius 3 is 2.46 bits per heavy atom. The van der Waals surface area contributed by atoms with Gasteiger partial charge in [0.2, 0.25) is 11.8 Å². The van der Waals surface area contributed by atoms with E-state index >= 15 is 0 Å². The third-order valence-electron chi connectivity index (χ3n) is 7.47. The van der Waals surface area contributed by atoms with Crippen LogP contribution in [0.5, 0.6) is 0 Å². The summed E-state index contributed by atoms with van der Waals surface area (Å²) in [5.41, 5.74) is 0.932. The molecule has 4 aliphatic carbocycles. The van der Waals surface area contributed by atoms with E-state index in [0.717, 1.165) is 62.1 Å². The number of rotatable bonds is 4. The Bertz CT molecular complexity index is 661. The molecule has 1 unspecified atom stereocenters. The van der Waals surface area contributed by atoms with Gasteiger partial charge in [-0.05, 0) is 81.3 Å². The predicted octanol–water partition coefficient (Wildman–Crippen LogP) is 3.01. The lowest BCUT2D eigenvalue weighted by molar-refractivity contribution is -0.148. The molecule has 140 valence electrons. The standard InChI is InChI=1S/C21H29N3O2/c25-19(24-6-2-4-18(24)17-3-1-5-22-17)13-23-20(26)21-10-14-7-15(11-21)9-16(8-14)12-21/h1,3,5,14-16,18,22H,2,4,6-13H2,(H,23,26). The molecule has 1 aromatic rings. The Labute approximate surface area is 154 Å². The van der Waals surface area contributed by atoms with Crippen LogP contribution >= 0.6 is 0 Å². The van der Waals surface area contributed by atoms with Crippen LogP contribution in [-0.2, 0) is 9.59 Å². The molecule has 6 rings (SSSR count). The van der Waals surface area contributed by atoms with Gasteiger partial charge in [0.05, 0.1) is 12.6 Å². The molecule has 0 aromatic carbocycles. The van der Waals surface area contributed by atoms with E-state index in [1.54, 1.807) is 0 Å². The van der Waals surface area contributed by atoms with E-state index in [2.05, 4.69) is 10.3 Å². The quantitative estimate of drug-likeness (QED) is 0.872. The fourth-order valence-electron chi connectivity index (χ4n) is 6.77. The molecule has 1 saturated heterocycles. The minimum Gasteiger partial charge on any atom is -0.363 e. The van der Waals surface area contributed by atoms with Gasteiger partial charge in [-0.2, -0.15) is 0 Å². The highest BCUT2D eigenvalue weighted by Gasteiger charge is 2.54. The maximum Gasteiger partial charge on any atom is 0.242 e. The molecule has 2 heterocycles. The van der Waals surface area contributed by atoms with E-state index in [-0.39, 0.29) is 29.8 Å². The number of likely N-dealkylation sites (tertiary alicyclic amines) is 1. The second kappa shape index (κ2) is 6.14. The first-order chi connectivity index (χ1) is 12.6. The van der Waals surface area contributed by atoms with E-state index < -0.39 is 0 Å². The Morgan fingerprint density at radius 1 is 1.15 bits per heavy atom. The van der Waals surface area contributed by atoms with E-state index in [0.29, 0.717) is 0 Å². The molecule has 26 heavy (non-hydrogen) atoms. The topological polar surface area (TPSA) is 65.2 Å². The Balaban J connectivity index is 1.22. The molecule has 5 nitrogen and oxygen atoms in total. The highest BCUT2D eigenvalue weighted by Crippen LogP contribution is 2.60. The second-order valence-corrected chi connectivity index (χ2v) is 9.25. The molecule has 1 aliphatic heterocycles. The maximum absolute atomic E-state index is 13.0. The number of aromatic nitrogens is 1. The summed E-state index contributed by atoms with van der Waals surface area (Å²) in [4.78, 5) is 31.0. The lowest BCUT2D eigenvalue weighted by Gasteiger charge is -2.55. The van der Waals surface area contributed by atoms with Crippen LogP contribution in [-0.4, -0.2) is 34.8 Å². The first kappa shape index (κ1) is 16.4. The fraction of sp³-hybridized carbons (Fsp3) is 0.714. The van der Waals surface area contributed by atoms with E-state index in [1.165, 1.54) is 19.3 Å². The van der Waals surface area contributed by atoms with Crippen molar-refractivity contribution in [2.75, 3.05) is 13.1 Å². The van der Waals surface area contributed by atoms with Gasteiger partial charge in [0.25, 0.3) is 0 Å². The first-order valence-electron chi connectivity index (χ1n) is 10.3. The molecule has 5 fully saturated rings. The second-order valence-electron chi connectivity index (χ2n) is 9.25. The molecule has 1 atom stereocenters. The Morgan fingerprint density at radius 2 is 1.85 bits per heavy atom. The summed E-state index contributed by atoms with van der Waals surface area (Å²) in [7, 11) is 0. The van der Waals surface area contributed by atoms with Crippen molar-refractivity contribution < 1.29 is 9.59 Å². The van der Waals surface area contributed by atoms with Crippen molar-refractivity contribution in [3.05, 3.63) is 24.0 Å². The number of aromatic amines is 1. The number of nitrogens with zero attached hydrogens (tertiary/aromatic N) is 1. The third kappa shape index (κ3) is 2.67. The van der Waals surface area contributed by atoms with E-state index in [9.17, 15) is 9.59 Å². The summed E-state index contributed by atoms with van der Waals surface area (Å²) in [6.07, 6.45) is 11.1. The molecular weight excluding hydrogens is 326 g/mol. The lowest BCUT2D eigenvalue weighted by atomic mass is 9.49. The van der Waals surface area contributed by atoms with E-state index in [1.807, 2.05) is 23.2 Å². The molecule has 1 aromatic heterocycles. The van der Waals surface area contributed by atoms with Crippen LogP contribution in [0.3, 0.4) is 0 Å². The number of amides is 2. The summed E-state index contributed by atoms with van der Waals surface area (Å²) >= 11 is 0. The van der Waals surface area contributed by atoms with Crippen LogP contribution in [0.25, 0.3) is 0 Å². The minimum atomic E-state index is -0.168. The zero-order valence-electron chi connectivity index (χ0n) is 15.4. The molecule has 5 aliphatic rings. The van der Waals surface area contributed by atoms with Crippen LogP contribution in [0.4, 0.5) is 0 Å². The summed E-state index contributed by atoms with van der Waals surface area (Å²) in [6.45, 7) is 0.938. The average molecular weight is 355 g/mol. The lowest BCUT2D eigenvalue weighted by Crippen LogP contribution is -2.54. The Kier molecular flexibility index (Phi) is 3.87. The summed E-state index contributed by atoms with van der Waals surface area (Å²) in [5, 5.41) is 3.04. The molecular formula is C21H29N3O2. The molecule has 4 bridgehead atoms. The SMILES string of the molecule is O=C(CNC(=O)C12CC3CC(CC(C3)C1)C2)N1CCCC1c1ccc[nH]1. The molecule has 0 radical (unpaired) electrons. The summed E-state index contributed by atoms with van der Waals surface area (Å²) in [5.74, 6) is 2.45. The highest BCUT2D eigenvalue weighted by molar-refractivity contribution is 5.88. The van der Waals surface area contributed by atoms with Gasteiger partial charge in [-0.3, -0.25) is 9.59 Å². The highest BCUT2D eigenvalue weighted by atomic mass is 16.2. The van der Waals surface area contributed by atoms with Crippen molar-refractivity contribution in [2.24, 2.45) is 23.2 Å². The van der Waals surface area contributed by atoms with Crippen molar-refractivity contribution >= 4 is 11.8 Å². The molecule has 4 saturated carbocycles. The molecule has 2 N–H and O–H groups in total. The number of carbonyl (C=O) groups is 2. The normalized spacial score (nSPS) is 37.9. The maximum atomic E-state index is 13.0. The van der Waals surface area contributed by atoms with Crippen LogP contribution in [0, 0.1) is 23.2 Å². The summed E-state index contributed by atoms with van der Waals surface area (Å²) < 4.78 is 0. The predicted molar refractivity (Wildman–Crippen MR) is 98.1 cm³/mol. The van der Waals surface area contributed by atoms with Crippen LogP contribution in [0.2, 0.25) is 0 Å². The smallest absolute Gasteiger partial charge is 0.242 e. The number of hydrogen-bond donors (Lipinski definition) is 2. The van der Waals surface area contributed by atoms with Crippen molar-refractivity contribution in [2.45, 2.75) is 57.4 Å². The van der Waals surface area contributed by atoms with Gasteiger partial charge in [0.1, 0.15) is 0 Å². The van der Waals surface area contributed by atoms with Crippen molar-refractivity contribution in [1.29, 1.82) is 0 Å². The van der Waals surface area contributed by atoms with Gasteiger partial charge >= 0.3 is 0 Å². The molecule has 0 spiro atoms. The largest absolute Gasteiger partial charge is 0.363 e. The zero-order chi connectivity index (χ0) is 17.7. The zero-order valence-corrected chi connectivity index (χ0v) is 15.4.